The van der Waals surface area contributed by atoms with Crippen LogP contribution < -0.4 is 0 Å². The van der Waals surface area contributed by atoms with Crippen molar-refractivity contribution in [2.75, 3.05) is 6.61 Å². The summed E-state index contributed by atoms with van der Waals surface area (Å²) in [7, 11) is 0. The van der Waals surface area contributed by atoms with Crippen molar-refractivity contribution in [2.45, 2.75) is 79.0 Å². The van der Waals surface area contributed by atoms with Crippen LogP contribution in [0.25, 0.3) is 0 Å². The lowest BCUT2D eigenvalue weighted by Gasteiger charge is -2.34. The van der Waals surface area contributed by atoms with Gasteiger partial charge in [-0.25, -0.2) is 0 Å². The first-order chi connectivity index (χ1) is 7.25. The molecule has 0 saturated heterocycles. The minimum atomic E-state index is -0.544. The van der Waals surface area contributed by atoms with Crippen LogP contribution in [-0.4, -0.2) is 30.7 Å². The van der Waals surface area contributed by atoms with Crippen LogP contribution in [0.1, 0.15) is 54.9 Å². The second kappa shape index (κ2) is 7.25. The van der Waals surface area contributed by atoms with Crippen LogP contribution in [-0.2, 0) is 14.2 Å². The minimum absolute atomic E-state index is 0.155. The maximum atomic E-state index is 5.83. The second-order valence-corrected chi connectivity index (χ2v) is 5.14. The highest BCUT2D eigenvalue weighted by Gasteiger charge is 2.28. The first kappa shape index (κ1) is 15.9. The molecule has 0 aliphatic carbocycles. The molecular weight excluding hydrogens is 204 g/mol. The van der Waals surface area contributed by atoms with E-state index in [-0.39, 0.29) is 18.3 Å². The number of rotatable bonds is 8. The predicted octanol–water partition coefficient (Wildman–Crippen LogP) is 3.37. The Morgan fingerprint density at radius 2 is 1.25 bits per heavy atom. The largest absolute Gasteiger partial charge is 0.379 e. The average Bonchev–Trinajstić information content (AvgIpc) is 1.98. The highest BCUT2D eigenvalue weighted by atomic mass is 16.7. The molecule has 0 atom stereocenters. The molecule has 0 saturated carbocycles. The number of hydrogen-bond donors (Lipinski definition) is 0. The van der Waals surface area contributed by atoms with Crippen molar-refractivity contribution in [1.29, 1.82) is 0 Å². The third kappa shape index (κ3) is 8.08. The number of ether oxygens (including phenoxy) is 3. The van der Waals surface area contributed by atoms with E-state index in [1.165, 1.54) is 0 Å². The Morgan fingerprint density at radius 3 is 1.56 bits per heavy atom. The Balaban J connectivity index is 4.18. The molecule has 3 heteroatoms. The molecule has 0 rings (SSSR count). The van der Waals surface area contributed by atoms with Crippen molar-refractivity contribution >= 4 is 0 Å². The molecule has 0 aromatic rings. The molecule has 0 bridgehead atoms. The summed E-state index contributed by atoms with van der Waals surface area (Å²) in [4.78, 5) is 0. The monoisotopic (exact) mass is 232 g/mol. The van der Waals surface area contributed by atoms with Gasteiger partial charge in [-0.2, -0.15) is 0 Å². The molecule has 0 heterocycles. The van der Waals surface area contributed by atoms with Gasteiger partial charge in [-0.05, 0) is 48.5 Å². The Labute approximate surface area is 100 Å². The zero-order valence-corrected chi connectivity index (χ0v) is 11.9. The lowest BCUT2D eigenvalue weighted by Crippen LogP contribution is -2.38. The SMILES string of the molecule is CC(C)OCCC(C)(OC(C)C)OC(C)C. The van der Waals surface area contributed by atoms with Crippen LogP contribution in [0.5, 0.6) is 0 Å². The molecule has 0 aliphatic rings. The molecule has 0 unspecified atom stereocenters. The van der Waals surface area contributed by atoms with Gasteiger partial charge in [0.05, 0.1) is 24.9 Å². The summed E-state index contributed by atoms with van der Waals surface area (Å²) in [6, 6.07) is 0. The molecule has 0 radical (unpaired) electrons. The van der Waals surface area contributed by atoms with Crippen LogP contribution in [0.15, 0.2) is 0 Å². The van der Waals surface area contributed by atoms with Gasteiger partial charge < -0.3 is 14.2 Å². The lowest BCUT2D eigenvalue weighted by molar-refractivity contribution is -0.265. The van der Waals surface area contributed by atoms with Crippen LogP contribution in [0.3, 0.4) is 0 Å². The van der Waals surface area contributed by atoms with Crippen LogP contribution >= 0.6 is 0 Å². The minimum Gasteiger partial charge on any atom is -0.379 e. The second-order valence-electron chi connectivity index (χ2n) is 5.14. The molecule has 0 amide bonds. The average molecular weight is 232 g/mol. The molecule has 16 heavy (non-hydrogen) atoms. The fourth-order valence-corrected chi connectivity index (χ4v) is 1.62. The molecule has 0 aromatic heterocycles. The van der Waals surface area contributed by atoms with E-state index in [1.54, 1.807) is 0 Å². The van der Waals surface area contributed by atoms with Gasteiger partial charge in [0.2, 0.25) is 0 Å². The summed E-state index contributed by atoms with van der Waals surface area (Å²) >= 11 is 0. The quantitative estimate of drug-likeness (QED) is 0.601. The standard InChI is InChI=1S/C13H28O3/c1-10(2)14-9-8-13(7,15-11(3)4)16-12(5)6/h10-12H,8-9H2,1-7H3. The topological polar surface area (TPSA) is 27.7 Å². The molecular formula is C13H28O3. The highest BCUT2D eigenvalue weighted by molar-refractivity contribution is 4.66. The van der Waals surface area contributed by atoms with E-state index in [9.17, 15) is 0 Å². The summed E-state index contributed by atoms with van der Waals surface area (Å²) in [5.41, 5.74) is 0. The van der Waals surface area contributed by atoms with Crippen molar-refractivity contribution in [3.8, 4) is 0 Å². The molecule has 0 fully saturated rings. The van der Waals surface area contributed by atoms with E-state index in [1.807, 2.05) is 48.5 Å². The van der Waals surface area contributed by atoms with Crippen LogP contribution in [0.2, 0.25) is 0 Å². The van der Waals surface area contributed by atoms with Gasteiger partial charge >= 0.3 is 0 Å². The molecule has 0 aliphatic heterocycles. The van der Waals surface area contributed by atoms with Crippen molar-refractivity contribution in [1.82, 2.24) is 0 Å². The van der Waals surface area contributed by atoms with Crippen molar-refractivity contribution in [2.24, 2.45) is 0 Å². The van der Waals surface area contributed by atoms with E-state index in [0.29, 0.717) is 6.61 Å². The molecule has 98 valence electrons. The normalized spacial score (nSPS) is 13.1. The Hall–Kier alpha value is -0.120. The fraction of sp³-hybridized carbons (Fsp3) is 1.00. The molecule has 0 spiro atoms. The highest BCUT2D eigenvalue weighted by Crippen LogP contribution is 2.22. The van der Waals surface area contributed by atoms with Crippen molar-refractivity contribution in [3.63, 3.8) is 0 Å². The smallest absolute Gasteiger partial charge is 0.168 e. The van der Waals surface area contributed by atoms with Gasteiger partial charge in [-0.15, -0.1) is 0 Å². The molecule has 0 aromatic carbocycles. The van der Waals surface area contributed by atoms with Gasteiger partial charge in [0, 0.05) is 6.42 Å². The summed E-state index contributed by atoms with van der Waals surface area (Å²) < 4.78 is 17.2. The maximum Gasteiger partial charge on any atom is 0.168 e. The Bertz CT molecular complexity index is 166. The third-order valence-corrected chi connectivity index (χ3v) is 1.98. The van der Waals surface area contributed by atoms with Gasteiger partial charge in [0.1, 0.15) is 0 Å². The molecule has 0 N–H and O–H groups in total. The van der Waals surface area contributed by atoms with E-state index >= 15 is 0 Å². The number of hydrogen-bond acceptors (Lipinski definition) is 3. The zero-order valence-electron chi connectivity index (χ0n) is 11.9. The lowest BCUT2D eigenvalue weighted by atomic mass is 10.2. The Morgan fingerprint density at radius 1 is 0.812 bits per heavy atom. The fourth-order valence-electron chi connectivity index (χ4n) is 1.62. The van der Waals surface area contributed by atoms with Crippen molar-refractivity contribution < 1.29 is 14.2 Å². The van der Waals surface area contributed by atoms with Crippen molar-refractivity contribution in [3.05, 3.63) is 0 Å². The summed E-state index contributed by atoms with van der Waals surface area (Å²) in [5, 5.41) is 0. The van der Waals surface area contributed by atoms with Crippen LogP contribution in [0.4, 0.5) is 0 Å². The first-order valence-electron chi connectivity index (χ1n) is 6.22. The predicted molar refractivity (Wildman–Crippen MR) is 66.6 cm³/mol. The van der Waals surface area contributed by atoms with E-state index in [4.69, 9.17) is 14.2 Å². The summed E-state index contributed by atoms with van der Waals surface area (Å²) in [5.74, 6) is -0.544. The summed E-state index contributed by atoms with van der Waals surface area (Å²) in [6.45, 7) is 14.8. The maximum absolute atomic E-state index is 5.83. The van der Waals surface area contributed by atoms with E-state index in [0.717, 1.165) is 6.42 Å². The van der Waals surface area contributed by atoms with E-state index in [2.05, 4.69) is 0 Å². The van der Waals surface area contributed by atoms with E-state index < -0.39 is 5.79 Å². The molecule has 3 nitrogen and oxygen atoms in total. The van der Waals surface area contributed by atoms with Crippen LogP contribution in [0, 0.1) is 0 Å². The Kier molecular flexibility index (Phi) is 7.20. The van der Waals surface area contributed by atoms with Gasteiger partial charge in [-0.3, -0.25) is 0 Å². The van der Waals surface area contributed by atoms with Gasteiger partial charge in [0.15, 0.2) is 5.79 Å². The summed E-state index contributed by atoms with van der Waals surface area (Å²) in [6.07, 6.45) is 1.31. The third-order valence-electron chi connectivity index (χ3n) is 1.98. The van der Waals surface area contributed by atoms with Gasteiger partial charge in [-0.1, -0.05) is 0 Å². The first-order valence-corrected chi connectivity index (χ1v) is 6.22. The van der Waals surface area contributed by atoms with Gasteiger partial charge in [0.25, 0.3) is 0 Å². The zero-order chi connectivity index (χ0) is 12.8.